The molecule has 4 aromatic rings. The molecular formula is C38H42ClN3O4S2. The van der Waals surface area contributed by atoms with Gasteiger partial charge in [0.2, 0.25) is 11.8 Å². The number of anilines is 1. The number of thioether (sulfide) groups is 1. The third-order valence-electron chi connectivity index (χ3n) is 8.74. The molecule has 0 bridgehead atoms. The number of hydrogen-bond acceptors (Lipinski definition) is 5. The summed E-state index contributed by atoms with van der Waals surface area (Å²) in [7, 11) is -4.17. The lowest BCUT2D eigenvalue weighted by Gasteiger charge is -2.35. The van der Waals surface area contributed by atoms with Crippen LogP contribution < -0.4 is 9.62 Å². The van der Waals surface area contributed by atoms with Crippen LogP contribution in [0.4, 0.5) is 5.69 Å². The predicted molar refractivity (Wildman–Crippen MR) is 195 cm³/mol. The van der Waals surface area contributed by atoms with Crippen LogP contribution in [0.15, 0.2) is 113 Å². The van der Waals surface area contributed by atoms with Crippen molar-refractivity contribution in [2.75, 3.05) is 17.1 Å². The van der Waals surface area contributed by atoms with Gasteiger partial charge >= 0.3 is 0 Å². The zero-order valence-corrected chi connectivity index (χ0v) is 29.7. The molecule has 7 nitrogen and oxygen atoms in total. The van der Waals surface area contributed by atoms with Crippen molar-refractivity contribution in [3.05, 3.63) is 125 Å². The summed E-state index contributed by atoms with van der Waals surface area (Å²) in [6.07, 6.45) is 7.21. The van der Waals surface area contributed by atoms with E-state index in [0.717, 1.165) is 58.0 Å². The molecule has 0 unspecified atom stereocenters. The first-order chi connectivity index (χ1) is 23.1. The third-order valence-corrected chi connectivity index (χ3v) is 11.5. The number of amides is 2. The molecule has 1 aliphatic carbocycles. The molecule has 5 rings (SSSR count). The van der Waals surface area contributed by atoms with Crippen molar-refractivity contribution in [2.45, 2.75) is 73.9 Å². The van der Waals surface area contributed by atoms with Crippen LogP contribution in [0.25, 0.3) is 0 Å². The normalized spacial score (nSPS) is 14.2. The summed E-state index contributed by atoms with van der Waals surface area (Å²) in [5.74, 6) is -0.736. The average molecular weight is 704 g/mol. The summed E-state index contributed by atoms with van der Waals surface area (Å²) >= 11 is 7.71. The lowest BCUT2D eigenvalue weighted by atomic mass is 9.94. The highest BCUT2D eigenvalue weighted by atomic mass is 35.5. The van der Waals surface area contributed by atoms with Crippen molar-refractivity contribution in [1.82, 2.24) is 10.2 Å². The van der Waals surface area contributed by atoms with Gasteiger partial charge in [0.05, 0.1) is 10.6 Å². The van der Waals surface area contributed by atoms with Gasteiger partial charge < -0.3 is 10.2 Å². The third kappa shape index (κ3) is 9.21. The van der Waals surface area contributed by atoms with Crippen LogP contribution in [0.3, 0.4) is 0 Å². The number of nitrogens with zero attached hydrogens (tertiary/aromatic N) is 2. The van der Waals surface area contributed by atoms with E-state index in [4.69, 9.17) is 11.6 Å². The van der Waals surface area contributed by atoms with Gasteiger partial charge in [-0.15, -0.1) is 11.8 Å². The van der Waals surface area contributed by atoms with E-state index < -0.39 is 28.5 Å². The molecule has 1 atom stereocenters. The fourth-order valence-corrected chi connectivity index (χ4v) is 7.95. The van der Waals surface area contributed by atoms with Crippen molar-refractivity contribution >= 4 is 50.9 Å². The molecule has 0 heterocycles. The van der Waals surface area contributed by atoms with Crippen molar-refractivity contribution in [1.29, 1.82) is 0 Å². The minimum absolute atomic E-state index is 0.0331. The Kier molecular flexibility index (Phi) is 12.2. The van der Waals surface area contributed by atoms with Crippen LogP contribution in [0.1, 0.15) is 48.8 Å². The summed E-state index contributed by atoms with van der Waals surface area (Å²) in [6.45, 7) is 1.52. The minimum atomic E-state index is -4.17. The fourth-order valence-electron chi connectivity index (χ4n) is 6.00. The number of nitrogens with one attached hydrogen (secondary N) is 1. The van der Waals surface area contributed by atoms with Crippen molar-refractivity contribution in [2.24, 2.45) is 0 Å². The maximum absolute atomic E-state index is 14.7. The van der Waals surface area contributed by atoms with Crippen molar-refractivity contribution in [3.63, 3.8) is 0 Å². The van der Waals surface area contributed by atoms with Gasteiger partial charge in [0, 0.05) is 28.9 Å². The Hall–Kier alpha value is -3.79. The van der Waals surface area contributed by atoms with Gasteiger partial charge in [-0.2, -0.15) is 0 Å². The van der Waals surface area contributed by atoms with E-state index in [1.54, 1.807) is 48.5 Å². The molecule has 2 amide bonds. The van der Waals surface area contributed by atoms with Crippen LogP contribution in [0.5, 0.6) is 0 Å². The number of halogens is 1. The Balaban J connectivity index is 1.55. The number of benzene rings is 4. The number of aryl methyl sites for hydroxylation is 1. The second-order valence-corrected chi connectivity index (χ2v) is 15.4. The number of carbonyl (C=O) groups excluding carboxylic acids is 2. The molecule has 0 saturated heterocycles. The van der Waals surface area contributed by atoms with E-state index >= 15 is 0 Å². The van der Waals surface area contributed by atoms with Gasteiger partial charge in [0.15, 0.2) is 0 Å². The largest absolute Gasteiger partial charge is 0.352 e. The second-order valence-electron chi connectivity index (χ2n) is 12.2. The summed E-state index contributed by atoms with van der Waals surface area (Å²) in [5, 5.41) is 3.79. The Morgan fingerprint density at radius 2 is 1.50 bits per heavy atom. The van der Waals surface area contributed by atoms with E-state index in [1.165, 1.54) is 16.7 Å². The molecule has 0 radical (unpaired) electrons. The molecule has 0 aromatic heterocycles. The van der Waals surface area contributed by atoms with Gasteiger partial charge in [-0.3, -0.25) is 13.9 Å². The molecule has 1 fully saturated rings. The van der Waals surface area contributed by atoms with Crippen molar-refractivity contribution in [3.8, 4) is 0 Å². The molecule has 48 heavy (non-hydrogen) atoms. The number of hydrogen-bond donors (Lipinski definition) is 1. The van der Waals surface area contributed by atoms with Crippen molar-refractivity contribution < 1.29 is 18.0 Å². The quantitative estimate of drug-likeness (QED) is 0.145. The SMILES string of the molecule is CSc1ccc(S(=O)(=O)N(CC(=O)N(Cc2ccc(Cl)cc2)[C@@H](Cc2ccccc2)C(=O)NC2CCCCC2)c2ccc(C)cc2)cc1. The lowest BCUT2D eigenvalue weighted by Crippen LogP contribution is -2.55. The molecule has 252 valence electrons. The number of rotatable bonds is 13. The van der Waals surface area contributed by atoms with Gasteiger partial charge in [-0.25, -0.2) is 8.42 Å². The fraction of sp³-hybridized carbons (Fsp3) is 0.316. The van der Waals surface area contributed by atoms with E-state index in [2.05, 4.69) is 5.32 Å². The number of carbonyl (C=O) groups is 2. The van der Waals surface area contributed by atoms with Crippen LogP contribution in [0.2, 0.25) is 5.02 Å². The van der Waals surface area contributed by atoms with E-state index in [1.807, 2.05) is 67.8 Å². The topological polar surface area (TPSA) is 86.8 Å². The average Bonchev–Trinajstić information content (AvgIpc) is 3.10. The molecule has 10 heteroatoms. The summed E-state index contributed by atoms with van der Waals surface area (Å²) < 4.78 is 29.7. The number of sulfonamides is 1. The lowest BCUT2D eigenvalue weighted by molar-refractivity contribution is -0.140. The molecule has 0 spiro atoms. The van der Waals surface area contributed by atoms with E-state index in [-0.39, 0.29) is 29.8 Å². The van der Waals surface area contributed by atoms with Gasteiger partial charge in [-0.05, 0) is 85.7 Å². The monoisotopic (exact) mass is 703 g/mol. The maximum atomic E-state index is 14.7. The standard InChI is InChI=1S/C38H42ClN3O4S2/c1-28-13-19-33(20-14-28)42(48(45,46)35-23-21-34(47-2)22-24-35)27-37(43)41(26-30-15-17-31(39)18-16-30)36(25-29-9-5-3-6-10-29)38(44)40-32-11-7-4-8-12-32/h3,5-6,9-10,13-24,32,36H,4,7-8,11-12,25-27H2,1-2H3,(H,40,44)/t36-/m0/s1. The Labute approximate surface area is 293 Å². The first kappa shape index (κ1) is 35.5. The zero-order chi connectivity index (χ0) is 34.1. The van der Waals surface area contributed by atoms with Crippen LogP contribution in [-0.2, 0) is 32.6 Å². The van der Waals surface area contributed by atoms with E-state index in [9.17, 15) is 18.0 Å². The summed E-state index contributed by atoms with van der Waals surface area (Å²) in [6, 6.07) is 29.6. The molecule has 0 aliphatic heterocycles. The first-order valence-electron chi connectivity index (χ1n) is 16.3. The second kappa shape index (κ2) is 16.5. The predicted octanol–water partition coefficient (Wildman–Crippen LogP) is 7.65. The molecular weight excluding hydrogens is 662 g/mol. The first-order valence-corrected chi connectivity index (χ1v) is 19.3. The summed E-state index contributed by atoms with van der Waals surface area (Å²) in [5.41, 5.74) is 2.99. The van der Waals surface area contributed by atoms with Crippen LogP contribution >= 0.6 is 23.4 Å². The van der Waals surface area contributed by atoms with Gasteiger partial charge in [0.25, 0.3) is 10.0 Å². The maximum Gasteiger partial charge on any atom is 0.264 e. The highest BCUT2D eigenvalue weighted by Crippen LogP contribution is 2.27. The minimum Gasteiger partial charge on any atom is -0.352 e. The van der Waals surface area contributed by atoms with Crippen LogP contribution in [-0.4, -0.2) is 50.0 Å². The Morgan fingerprint density at radius 1 is 0.854 bits per heavy atom. The molecule has 1 aliphatic rings. The van der Waals surface area contributed by atoms with Gasteiger partial charge in [-0.1, -0.05) is 91.0 Å². The molecule has 1 saturated carbocycles. The van der Waals surface area contributed by atoms with Gasteiger partial charge in [0.1, 0.15) is 12.6 Å². The molecule has 4 aromatic carbocycles. The molecule has 1 N–H and O–H groups in total. The highest BCUT2D eigenvalue weighted by molar-refractivity contribution is 7.98. The highest BCUT2D eigenvalue weighted by Gasteiger charge is 2.35. The summed E-state index contributed by atoms with van der Waals surface area (Å²) in [4.78, 5) is 31.4. The van der Waals surface area contributed by atoms with E-state index in [0.29, 0.717) is 10.7 Å². The Bertz CT molecular complexity index is 1760. The Morgan fingerprint density at radius 3 is 2.12 bits per heavy atom. The van der Waals surface area contributed by atoms with Crippen LogP contribution in [0, 0.1) is 6.92 Å². The zero-order valence-electron chi connectivity index (χ0n) is 27.3. The smallest absolute Gasteiger partial charge is 0.264 e.